The van der Waals surface area contributed by atoms with E-state index in [-0.39, 0.29) is 0 Å². The van der Waals surface area contributed by atoms with Crippen LogP contribution in [0.2, 0.25) is 0 Å². The predicted octanol–water partition coefficient (Wildman–Crippen LogP) is 5.85. The van der Waals surface area contributed by atoms with Crippen LogP contribution in [0, 0.1) is 13.8 Å². The first kappa shape index (κ1) is 15.6. The van der Waals surface area contributed by atoms with Gasteiger partial charge in [-0.15, -0.1) is 0 Å². The molecule has 0 atom stereocenters. The maximum Gasteiger partial charge on any atom is 0.0861 e. The van der Waals surface area contributed by atoms with Gasteiger partial charge in [-0.25, -0.2) is 4.40 Å². The van der Waals surface area contributed by atoms with E-state index in [9.17, 15) is 0 Å². The maximum absolute atomic E-state index is 4.83. The van der Waals surface area contributed by atoms with Gasteiger partial charge in [-0.3, -0.25) is 0 Å². The Hall–Kier alpha value is -2.32. The van der Waals surface area contributed by atoms with Gasteiger partial charge in [0.25, 0.3) is 0 Å². The topological polar surface area (TPSA) is 12.4 Å². The van der Waals surface area contributed by atoms with E-state index in [1.807, 2.05) is 18.2 Å². The van der Waals surface area contributed by atoms with Crippen molar-refractivity contribution >= 4 is 17.7 Å². The Labute approximate surface area is 142 Å². The molecule has 0 aliphatic rings. The molecule has 0 saturated carbocycles. The number of hydrogen-bond acceptors (Lipinski definition) is 2. The van der Waals surface area contributed by atoms with E-state index >= 15 is 0 Å². The summed E-state index contributed by atoms with van der Waals surface area (Å²) >= 11 is 1.51. The van der Waals surface area contributed by atoms with E-state index in [1.165, 1.54) is 23.1 Å². The molecule has 0 unspecified atom stereocenters. The summed E-state index contributed by atoms with van der Waals surface area (Å²) < 4.78 is 4.83. The molecule has 0 heterocycles. The molecule has 23 heavy (non-hydrogen) atoms. The average molecular weight is 317 g/mol. The third-order valence-corrected chi connectivity index (χ3v) is 4.39. The minimum Gasteiger partial charge on any atom is -0.210 e. The van der Waals surface area contributed by atoms with Gasteiger partial charge >= 0.3 is 0 Å². The van der Waals surface area contributed by atoms with E-state index in [2.05, 4.69) is 74.5 Å². The lowest BCUT2D eigenvalue weighted by Gasteiger charge is -2.08. The fraction of sp³-hybridized carbons (Fsp3) is 0.0952. The normalized spacial score (nSPS) is 10.3. The molecule has 0 saturated heterocycles. The molecule has 0 radical (unpaired) electrons. The summed E-state index contributed by atoms with van der Waals surface area (Å²) in [6, 6.07) is 27.3. The molecule has 1 nitrogen and oxygen atoms in total. The first-order valence-corrected chi connectivity index (χ1v) is 8.44. The van der Waals surface area contributed by atoms with Crippen molar-refractivity contribution in [2.24, 2.45) is 4.40 Å². The zero-order valence-corrected chi connectivity index (χ0v) is 14.2. The summed E-state index contributed by atoms with van der Waals surface area (Å²) in [6.45, 7) is 4.20. The summed E-state index contributed by atoms with van der Waals surface area (Å²) in [5.41, 5.74) is 5.81. The molecular formula is C21H19NS. The number of benzene rings is 3. The SMILES string of the molecule is Cc1ccc(C(=NSc2ccccc2)c2ccc(C)cc2)cc1. The lowest BCUT2D eigenvalue weighted by Crippen LogP contribution is -2.02. The molecule has 3 rings (SSSR count). The molecule has 3 aromatic carbocycles. The Morgan fingerprint density at radius 3 is 1.61 bits per heavy atom. The number of aryl methyl sites for hydroxylation is 2. The van der Waals surface area contributed by atoms with Gasteiger partial charge in [0.1, 0.15) is 0 Å². The van der Waals surface area contributed by atoms with E-state index in [0.29, 0.717) is 0 Å². The van der Waals surface area contributed by atoms with Crippen molar-refractivity contribution in [3.63, 3.8) is 0 Å². The minimum absolute atomic E-state index is 1.01. The number of nitrogens with zero attached hydrogens (tertiary/aromatic N) is 1. The van der Waals surface area contributed by atoms with E-state index in [1.54, 1.807) is 0 Å². The van der Waals surface area contributed by atoms with Gasteiger partial charge in [0.15, 0.2) is 0 Å². The zero-order chi connectivity index (χ0) is 16.1. The van der Waals surface area contributed by atoms with Crippen LogP contribution < -0.4 is 0 Å². The van der Waals surface area contributed by atoms with Crippen LogP contribution in [-0.4, -0.2) is 5.71 Å². The fourth-order valence-electron chi connectivity index (χ4n) is 2.27. The Morgan fingerprint density at radius 2 is 1.13 bits per heavy atom. The van der Waals surface area contributed by atoms with Crippen LogP contribution in [-0.2, 0) is 0 Å². The fourth-order valence-corrected chi connectivity index (χ4v) is 2.96. The molecular weight excluding hydrogens is 298 g/mol. The highest BCUT2D eigenvalue weighted by Crippen LogP contribution is 2.22. The molecule has 0 aliphatic heterocycles. The molecule has 0 spiro atoms. The largest absolute Gasteiger partial charge is 0.210 e. The quantitative estimate of drug-likeness (QED) is 0.434. The smallest absolute Gasteiger partial charge is 0.0861 e. The van der Waals surface area contributed by atoms with Crippen molar-refractivity contribution in [1.82, 2.24) is 0 Å². The predicted molar refractivity (Wildman–Crippen MR) is 100 cm³/mol. The van der Waals surface area contributed by atoms with Crippen molar-refractivity contribution in [1.29, 1.82) is 0 Å². The van der Waals surface area contributed by atoms with Gasteiger partial charge in [0, 0.05) is 28.0 Å². The Balaban J connectivity index is 1.99. The van der Waals surface area contributed by atoms with E-state index in [4.69, 9.17) is 4.40 Å². The molecule has 3 aromatic rings. The van der Waals surface area contributed by atoms with Gasteiger partial charge < -0.3 is 0 Å². The summed E-state index contributed by atoms with van der Waals surface area (Å²) in [5.74, 6) is 0. The summed E-state index contributed by atoms with van der Waals surface area (Å²) in [7, 11) is 0. The van der Waals surface area contributed by atoms with E-state index in [0.717, 1.165) is 21.7 Å². The molecule has 0 aliphatic carbocycles. The van der Waals surface area contributed by atoms with Crippen molar-refractivity contribution in [3.8, 4) is 0 Å². The maximum atomic E-state index is 4.83. The van der Waals surface area contributed by atoms with Gasteiger partial charge in [-0.1, -0.05) is 77.9 Å². The lowest BCUT2D eigenvalue weighted by atomic mass is 10.0. The summed E-state index contributed by atoms with van der Waals surface area (Å²) in [6.07, 6.45) is 0. The Kier molecular flexibility index (Phi) is 4.94. The van der Waals surface area contributed by atoms with Crippen molar-refractivity contribution in [3.05, 3.63) is 101 Å². The summed E-state index contributed by atoms with van der Waals surface area (Å²) in [4.78, 5) is 1.14. The number of rotatable bonds is 4. The van der Waals surface area contributed by atoms with Crippen LogP contribution in [0.5, 0.6) is 0 Å². The first-order valence-electron chi connectivity index (χ1n) is 7.66. The van der Waals surface area contributed by atoms with Crippen molar-refractivity contribution in [2.45, 2.75) is 18.7 Å². The number of hydrogen-bond donors (Lipinski definition) is 0. The highest BCUT2D eigenvalue weighted by Gasteiger charge is 2.07. The second kappa shape index (κ2) is 7.30. The van der Waals surface area contributed by atoms with Gasteiger partial charge in [-0.2, -0.15) is 0 Å². The van der Waals surface area contributed by atoms with Gasteiger partial charge in [-0.05, 0) is 26.0 Å². The third kappa shape index (κ3) is 4.11. The standard InChI is InChI=1S/C21H19NS/c1-16-8-12-18(13-9-16)21(19-14-10-17(2)11-15-19)22-23-20-6-4-3-5-7-20/h3-15H,1-2H3. The zero-order valence-electron chi connectivity index (χ0n) is 13.4. The van der Waals surface area contributed by atoms with Crippen LogP contribution in [0.3, 0.4) is 0 Å². The second-order valence-corrected chi connectivity index (χ2v) is 6.41. The van der Waals surface area contributed by atoms with Gasteiger partial charge in [0.05, 0.1) is 5.71 Å². The van der Waals surface area contributed by atoms with Crippen LogP contribution in [0.25, 0.3) is 0 Å². The molecule has 0 fully saturated rings. The highest BCUT2D eigenvalue weighted by atomic mass is 32.2. The van der Waals surface area contributed by atoms with Gasteiger partial charge in [0.2, 0.25) is 0 Å². The molecule has 0 aromatic heterocycles. The Bertz CT molecular complexity index is 740. The van der Waals surface area contributed by atoms with Crippen LogP contribution in [0.4, 0.5) is 0 Å². The van der Waals surface area contributed by atoms with Crippen molar-refractivity contribution in [2.75, 3.05) is 0 Å². The lowest BCUT2D eigenvalue weighted by molar-refractivity contribution is 1.43. The van der Waals surface area contributed by atoms with Crippen LogP contribution in [0.15, 0.2) is 88.2 Å². The second-order valence-electron chi connectivity index (χ2n) is 5.58. The van der Waals surface area contributed by atoms with Crippen LogP contribution in [0.1, 0.15) is 22.3 Å². The molecule has 0 amide bonds. The molecule has 114 valence electrons. The Morgan fingerprint density at radius 1 is 0.652 bits per heavy atom. The first-order chi connectivity index (χ1) is 11.2. The molecule has 2 heteroatoms. The highest BCUT2D eigenvalue weighted by molar-refractivity contribution is 7.98. The molecule has 0 bridgehead atoms. The monoisotopic (exact) mass is 317 g/mol. The average Bonchev–Trinajstić information content (AvgIpc) is 2.59. The van der Waals surface area contributed by atoms with Crippen molar-refractivity contribution < 1.29 is 0 Å². The summed E-state index contributed by atoms with van der Waals surface area (Å²) in [5, 5.41) is 0. The van der Waals surface area contributed by atoms with E-state index < -0.39 is 0 Å². The van der Waals surface area contributed by atoms with Crippen LogP contribution >= 0.6 is 11.9 Å². The third-order valence-electron chi connectivity index (χ3n) is 3.64. The molecule has 0 N–H and O–H groups in total. The minimum atomic E-state index is 1.01.